The van der Waals surface area contributed by atoms with Crippen LogP contribution in [0.1, 0.15) is 26.2 Å². The minimum atomic E-state index is 0.0685. The fourth-order valence-corrected chi connectivity index (χ4v) is 2.26. The number of nitrogens with two attached hydrogens (primary N) is 1. The van der Waals surface area contributed by atoms with E-state index >= 15 is 0 Å². The molecular weight excluding hydrogens is 228 g/mol. The lowest BCUT2D eigenvalue weighted by atomic mass is 10.0. The van der Waals surface area contributed by atoms with Crippen LogP contribution in [0.15, 0.2) is 24.3 Å². The molecule has 1 aromatic carbocycles. The molecule has 0 saturated carbocycles. The molecule has 1 amide bonds. The average Bonchev–Trinajstić information content (AvgIpc) is 2.38. The van der Waals surface area contributed by atoms with Crippen LogP contribution in [0.2, 0.25) is 0 Å². The van der Waals surface area contributed by atoms with Crippen molar-refractivity contribution in [1.29, 1.82) is 0 Å². The molecule has 0 bridgehead atoms. The van der Waals surface area contributed by atoms with Crippen LogP contribution in [0.4, 0.5) is 5.69 Å². The Kier molecular flexibility index (Phi) is 4.07. The van der Waals surface area contributed by atoms with Crippen LogP contribution in [-0.4, -0.2) is 30.0 Å². The number of rotatable bonds is 3. The number of benzene rings is 1. The molecule has 1 aromatic rings. The number of carbonyl (C=O) groups is 1. The molecule has 1 fully saturated rings. The van der Waals surface area contributed by atoms with Gasteiger partial charge in [0.1, 0.15) is 5.75 Å². The predicted molar refractivity (Wildman–Crippen MR) is 71.4 cm³/mol. The van der Waals surface area contributed by atoms with Crippen molar-refractivity contribution in [2.75, 3.05) is 18.9 Å². The van der Waals surface area contributed by atoms with Gasteiger partial charge >= 0.3 is 0 Å². The van der Waals surface area contributed by atoms with E-state index in [2.05, 4.69) is 6.92 Å². The Bertz CT molecular complexity index is 403. The third-order valence-electron chi connectivity index (χ3n) is 3.37. The van der Waals surface area contributed by atoms with Gasteiger partial charge < -0.3 is 15.4 Å². The highest BCUT2D eigenvalue weighted by molar-refractivity contribution is 5.78. The molecule has 1 atom stereocenters. The summed E-state index contributed by atoms with van der Waals surface area (Å²) >= 11 is 0. The molecule has 1 heterocycles. The first-order valence-electron chi connectivity index (χ1n) is 6.44. The molecule has 1 aliphatic rings. The van der Waals surface area contributed by atoms with E-state index in [1.807, 2.05) is 4.90 Å². The maximum atomic E-state index is 12.0. The van der Waals surface area contributed by atoms with Gasteiger partial charge in [-0.25, -0.2) is 0 Å². The molecular formula is C14H20N2O2. The quantitative estimate of drug-likeness (QED) is 0.833. The lowest BCUT2D eigenvalue weighted by Crippen LogP contribution is -2.44. The highest BCUT2D eigenvalue weighted by Gasteiger charge is 2.23. The Labute approximate surface area is 108 Å². The van der Waals surface area contributed by atoms with Gasteiger partial charge in [0.25, 0.3) is 5.91 Å². The van der Waals surface area contributed by atoms with Gasteiger partial charge in [-0.1, -0.05) is 0 Å². The molecule has 0 aliphatic carbocycles. The van der Waals surface area contributed by atoms with Crippen molar-refractivity contribution < 1.29 is 9.53 Å². The Morgan fingerprint density at radius 1 is 1.39 bits per heavy atom. The van der Waals surface area contributed by atoms with Crippen molar-refractivity contribution in [3.8, 4) is 5.75 Å². The number of ether oxygens (including phenoxy) is 1. The van der Waals surface area contributed by atoms with Gasteiger partial charge in [-0.3, -0.25) is 4.79 Å². The largest absolute Gasteiger partial charge is 0.484 e. The Balaban J connectivity index is 1.85. The van der Waals surface area contributed by atoms with E-state index in [1.165, 1.54) is 6.42 Å². The second kappa shape index (κ2) is 5.76. The summed E-state index contributed by atoms with van der Waals surface area (Å²) in [5.41, 5.74) is 6.28. The summed E-state index contributed by atoms with van der Waals surface area (Å²) in [6, 6.07) is 7.43. The normalized spacial score (nSPS) is 19.6. The van der Waals surface area contributed by atoms with Crippen molar-refractivity contribution in [3.05, 3.63) is 24.3 Å². The van der Waals surface area contributed by atoms with E-state index in [1.54, 1.807) is 24.3 Å². The molecule has 0 spiro atoms. The average molecular weight is 248 g/mol. The van der Waals surface area contributed by atoms with E-state index in [4.69, 9.17) is 10.5 Å². The summed E-state index contributed by atoms with van der Waals surface area (Å²) in [4.78, 5) is 13.9. The summed E-state index contributed by atoms with van der Waals surface area (Å²) in [6.07, 6.45) is 3.40. The summed E-state index contributed by atoms with van der Waals surface area (Å²) in [5, 5.41) is 0. The standard InChI is InChI=1S/C14H20N2O2/c1-11-4-2-3-9-16(11)14(17)10-18-13-7-5-12(15)6-8-13/h5-8,11H,2-4,9-10,15H2,1H3/t11-/m1/s1. The molecule has 0 aromatic heterocycles. The van der Waals surface area contributed by atoms with E-state index in [0.29, 0.717) is 17.5 Å². The number of likely N-dealkylation sites (tertiary alicyclic amines) is 1. The first-order valence-corrected chi connectivity index (χ1v) is 6.44. The van der Waals surface area contributed by atoms with Crippen LogP contribution < -0.4 is 10.5 Å². The molecule has 4 heteroatoms. The lowest BCUT2D eigenvalue weighted by molar-refractivity contribution is -0.136. The second-order valence-corrected chi connectivity index (χ2v) is 4.79. The third-order valence-corrected chi connectivity index (χ3v) is 3.37. The number of hydrogen-bond acceptors (Lipinski definition) is 3. The van der Waals surface area contributed by atoms with E-state index in [0.717, 1.165) is 19.4 Å². The van der Waals surface area contributed by atoms with Crippen LogP contribution in [-0.2, 0) is 4.79 Å². The maximum absolute atomic E-state index is 12.0. The monoisotopic (exact) mass is 248 g/mol. The van der Waals surface area contributed by atoms with Crippen molar-refractivity contribution >= 4 is 11.6 Å². The zero-order chi connectivity index (χ0) is 13.0. The minimum absolute atomic E-state index is 0.0685. The number of hydrogen-bond donors (Lipinski definition) is 1. The molecule has 2 rings (SSSR count). The predicted octanol–water partition coefficient (Wildman–Crippen LogP) is 2.05. The topological polar surface area (TPSA) is 55.6 Å². The number of piperidine rings is 1. The van der Waals surface area contributed by atoms with Gasteiger partial charge in [0, 0.05) is 18.3 Å². The molecule has 1 aliphatic heterocycles. The Morgan fingerprint density at radius 2 is 2.11 bits per heavy atom. The first kappa shape index (κ1) is 12.7. The molecule has 4 nitrogen and oxygen atoms in total. The summed E-state index contributed by atoms with van der Waals surface area (Å²) in [5.74, 6) is 0.751. The van der Waals surface area contributed by atoms with Crippen molar-refractivity contribution in [1.82, 2.24) is 4.90 Å². The van der Waals surface area contributed by atoms with Crippen molar-refractivity contribution in [2.45, 2.75) is 32.2 Å². The van der Waals surface area contributed by atoms with Crippen LogP contribution in [0.3, 0.4) is 0 Å². The summed E-state index contributed by atoms with van der Waals surface area (Å²) < 4.78 is 5.48. The Morgan fingerprint density at radius 3 is 2.78 bits per heavy atom. The number of carbonyl (C=O) groups excluding carboxylic acids is 1. The van der Waals surface area contributed by atoms with E-state index in [-0.39, 0.29) is 12.5 Å². The SMILES string of the molecule is C[C@@H]1CCCCN1C(=O)COc1ccc(N)cc1. The van der Waals surface area contributed by atoms with Gasteiger partial charge in [-0.05, 0) is 50.5 Å². The van der Waals surface area contributed by atoms with Gasteiger partial charge in [0.2, 0.25) is 0 Å². The minimum Gasteiger partial charge on any atom is -0.484 e. The van der Waals surface area contributed by atoms with Crippen molar-refractivity contribution in [2.24, 2.45) is 0 Å². The fourth-order valence-electron chi connectivity index (χ4n) is 2.26. The van der Waals surface area contributed by atoms with Crippen LogP contribution in [0.25, 0.3) is 0 Å². The highest BCUT2D eigenvalue weighted by atomic mass is 16.5. The number of nitrogens with zero attached hydrogens (tertiary/aromatic N) is 1. The molecule has 0 unspecified atom stereocenters. The Hall–Kier alpha value is -1.71. The molecule has 98 valence electrons. The fraction of sp³-hybridized carbons (Fsp3) is 0.500. The zero-order valence-corrected chi connectivity index (χ0v) is 10.8. The van der Waals surface area contributed by atoms with Gasteiger partial charge in [0.15, 0.2) is 6.61 Å². The van der Waals surface area contributed by atoms with E-state index in [9.17, 15) is 4.79 Å². The smallest absolute Gasteiger partial charge is 0.260 e. The van der Waals surface area contributed by atoms with E-state index < -0.39 is 0 Å². The van der Waals surface area contributed by atoms with Gasteiger partial charge in [0.05, 0.1) is 0 Å². The summed E-state index contributed by atoms with van der Waals surface area (Å²) in [6.45, 7) is 3.06. The molecule has 2 N–H and O–H groups in total. The van der Waals surface area contributed by atoms with Crippen LogP contribution in [0.5, 0.6) is 5.75 Å². The lowest BCUT2D eigenvalue weighted by Gasteiger charge is -2.33. The molecule has 1 saturated heterocycles. The molecule has 18 heavy (non-hydrogen) atoms. The van der Waals surface area contributed by atoms with Crippen molar-refractivity contribution in [3.63, 3.8) is 0 Å². The number of anilines is 1. The van der Waals surface area contributed by atoms with Crippen LogP contribution >= 0.6 is 0 Å². The van der Waals surface area contributed by atoms with Gasteiger partial charge in [-0.15, -0.1) is 0 Å². The number of nitrogen functional groups attached to an aromatic ring is 1. The first-order chi connectivity index (χ1) is 8.66. The maximum Gasteiger partial charge on any atom is 0.260 e. The molecule has 0 radical (unpaired) electrons. The zero-order valence-electron chi connectivity index (χ0n) is 10.8. The van der Waals surface area contributed by atoms with Gasteiger partial charge in [-0.2, -0.15) is 0 Å². The van der Waals surface area contributed by atoms with Crippen LogP contribution in [0, 0.1) is 0 Å². The highest BCUT2D eigenvalue weighted by Crippen LogP contribution is 2.17. The third kappa shape index (κ3) is 3.15. The number of amides is 1. The second-order valence-electron chi connectivity index (χ2n) is 4.79. The summed E-state index contributed by atoms with van der Waals surface area (Å²) in [7, 11) is 0.